The molecular weight excluding hydrogens is 1070 g/mol. The molecule has 13 rings (SSSR count). The highest BCUT2D eigenvalue weighted by Gasteiger charge is 2.58. The van der Waals surface area contributed by atoms with E-state index < -0.39 is 89.5 Å². The third-order valence-electron chi connectivity index (χ3n) is 14.6. The third kappa shape index (κ3) is 9.30. The van der Waals surface area contributed by atoms with E-state index in [1.54, 1.807) is 152 Å². The van der Waals surface area contributed by atoms with E-state index in [9.17, 15) is 19.7 Å². The Kier molecular flexibility index (Phi) is 13.4. The SMILES string of the molecule is CC(=O)Oc1cc2c(c3c1OC(c1ccccc1)(c1ccccc1)O3)-c1c(cc(OC(C)=O)c3c1OC(c1ccccc1)(c1ccccc1)O3)C(=O)O[C@H]1[C@H](OCc3ccccc3[N+](=O)[O-])O[C@@H]3CO[C@@H](c4ccccc4)O[C@H]3[C@@H]1OC2=O. The van der Waals surface area contributed by atoms with Crippen molar-refractivity contribution in [1.82, 2.24) is 0 Å². The molecule has 8 aromatic carbocycles. The molecule has 5 aliphatic heterocycles. The normalized spacial score (nSPS) is 21.3. The van der Waals surface area contributed by atoms with Crippen LogP contribution in [0.2, 0.25) is 0 Å². The first kappa shape index (κ1) is 52.5. The van der Waals surface area contributed by atoms with Gasteiger partial charge >= 0.3 is 35.5 Å². The van der Waals surface area contributed by atoms with Crippen LogP contribution in [-0.2, 0) is 56.2 Å². The van der Waals surface area contributed by atoms with Gasteiger partial charge in [0.1, 0.15) is 12.2 Å². The first-order valence-electron chi connectivity index (χ1n) is 26.4. The lowest BCUT2D eigenvalue weighted by Gasteiger charge is -2.48. The number of hydrogen-bond acceptors (Lipinski definition) is 18. The maximum absolute atomic E-state index is 16.1. The van der Waals surface area contributed by atoms with Gasteiger partial charge in [-0.05, 0) is 6.07 Å². The minimum atomic E-state index is -1.89. The number of esters is 4. The minimum absolute atomic E-state index is 0.137. The Labute approximate surface area is 472 Å². The Morgan fingerprint density at radius 3 is 1.42 bits per heavy atom. The fraction of sp³-hybridized carbons (Fsp3) is 0.188. The Hall–Kier alpha value is -9.92. The summed E-state index contributed by atoms with van der Waals surface area (Å²) in [6, 6.07) is 52.8. The molecular formula is C64H47NO18. The van der Waals surface area contributed by atoms with Gasteiger partial charge in [-0.3, -0.25) is 19.7 Å². The molecule has 19 nitrogen and oxygen atoms in total. The molecule has 83 heavy (non-hydrogen) atoms. The molecule has 0 aliphatic carbocycles. The Morgan fingerprint density at radius 1 is 0.542 bits per heavy atom. The molecule has 0 radical (unpaired) electrons. The van der Waals surface area contributed by atoms with E-state index in [1.165, 1.54) is 37.3 Å². The van der Waals surface area contributed by atoms with Crippen molar-refractivity contribution in [1.29, 1.82) is 0 Å². The summed E-state index contributed by atoms with van der Waals surface area (Å²) in [5, 5.41) is 12.3. The van der Waals surface area contributed by atoms with E-state index in [0.29, 0.717) is 27.8 Å². The topological polar surface area (TPSA) is 222 Å². The highest BCUT2D eigenvalue weighted by atomic mass is 16.8. The standard InChI is InChI=1S/C64H47NO18/c1-36(66)74-47-32-44-50(55-53(47)80-63(82-55,40-23-10-4-11-24-40)41-25-12-5-13-26-41)51-45(33-48(75-37(2)67)54-56(51)83-64(81-54,42-27-14-6-15-28-42)43-29-16-7-17-30-43)60(69)78-58-57(77-59(44)68)52-49(35-73-61(79-52)38-20-8-3-9-21-38)76-62(58)72-34-39-22-18-19-31-46(39)65(70)71/h3-33,49,52,57-58,61-62H,34-35H2,1-2H3/t49-,52-,57+,58-,61-,62-/m1/s1. The van der Waals surface area contributed by atoms with E-state index in [0.717, 1.165) is 6.92 Å². The van der Waals surface area contributed by atoms with Gasteiger partial charge in [0.15, 0.2) is 47.8 Å². The van der Waals surface area contributed by atoms with Gasteiger partial charge in [-0.25, -0.2) is 9.59 Å². The van der Waals surface area contributed by atoms with Crippen LogP contribution in [-0.4, -0.2) is 66.1 Å². The Morgan fingerprint density at radius 2 is 0.964 bits per heavy atom. The number of fused-ring (bicyclic) bond motifs is 10. The summed E-state index contributed by atoms with van der Waals surface area (Å²) in [5.74, 6) is -9.12. The van der Waals surface area contributed by atoms with Gasteiger partial charge in [-0.15, -0.1) is 0 Å². The number of benzene rings is 8. The predicted octanol–water partition coefficient (Wildman–Crippen LogP) is 10.6. The molecule has 0 spiro atoms. The van der Waals surface area contributed by atoms with Gasteiger partial charge in [0.25, 0.3) is 5.69 Å². The van der Waals surface area contributed by atoms with Crippen molar-refractivity contribution in [2.75, 3.05) is 6.61 Å². The zero-order valence-electron chi connectivity index (χ0n) is 44.1. The largest absolute Gasteiger partial charge is 0.452 e. The van der Waals surface area contributed by atoms with Crippen LogP contribution in [0.25, 0.3) is 11.1 Å². The van der Waals surface area contributed by atoms with Crippen molar-refractivity contribution in [3.63, 3.8) is 0 Å². The summed E-state index contributed by atoms with van der Waals surface area (Å²) in [4.78, 5) is 70.6. The zero-order chi connectivity index (χ0) is 57.0. The number of carbonyl (C=O) groups is 4. The second kappa shape index (κ2) is 21.2. The summed E-state index contributed by atoms with van der Waals surface area (Å²) in [6.45, 7) is 1.71. The minimum Gasteiger partial charge on any atom is -0.452 e. The van der Waals surface area contributed by atoms with Crippen LogP contribution >= 0.6 is 0 Å². The highest BCUT2D eigenvalue weighted by Crippen LogP contribution is 2.63. The fourth-order valence-electron chi connectivity index (χ4n) is 11.0. The van der Waals surface area contributed by atoms with Crippen LogP contribution in [0.15, 0.2) is 188 Å². The molecule has 19 heteroatoms. The van der Waals surface area contributed by atoms with Crippen LogP contribution in [0.1, 0.15) is 74.2 Å². The Balaban J connectivity index is 1.08. The van der Waals surface area contributed by atoms with Crippen molar-refractivity contribution in [3.8, 4) is 45.6 Å². The average Bonchev–Trinajstić information content (AvgIpc) is 3.76. The molecule has 5 aliphatic rings. The molecule has 416 valence electrons. The van der Waals surface area contributed by atoms with Crippen molar-refractivity contribution in [3.05, 3.63) is 243 Å². The fourth-order valence-corrected chi connectivity index (χ4v) is 11.0. The lowest BCUT2D eigenvalue weighted by molar-refractivity contribution is -0.387. The molecule has 0 aromatic heterocycles. The smallest absolute Gasteiger partial charge is 0.339 e. The number of carbonyl (C=O) groups excluding carboxylic acids is 4. The predicted molar refractivity (Wildman–Crippen MR) is 289 cm³/mol. The average molecular weight is 1120 g/mol. The summed E-state index contributed by atoms with van der Waals surface area (Å²) in [6.07, 6.45) is -8.46. The maximum atomic E-state index is 16.1. The van der Waals surface area contributed by atoms with E-state index in [-0.39, 0.29) is 69.0 Å². The van der Waals surface area contributed by atoms with E-state index in [4.69, 9.17) is 56.8 Å². The van der Waals surface area contributed by atoms with Crippen molar-refractivity contribution >= 4 is 29.6 Å². The molecule has 0 bridgehead atoms. The number of ether oxygens (including phenoxy) is 12. The van der Waals surface area contributed by atoms with Gasteiger partial charge in [0, 0.05) is 71.0 Å². The molecule has 0 amide bonds. The van der Waals surface area contributed by atoms with Crippen LogP contribution in [0.4, 0.5) is 5.69 Å². The molecule has 5 heterocycles. The van der Waals surface area contributed by atoms with Crippen LogP contribution in [0.5, 0.6) is 34.5 Å². The lowest BCUT2D eigenvalue weighted by Crippen LogP contribution is -2.64. The van der Waals surface area contributed by atoms with Crippen LogP contribution < -0.4 is 28.4 Å². The molecule has 2 saturated heterocycles. The third-order valence-corrected chi connectivity index (χ3v) is 14.6. The van der Waals surface area contributed by atoms with Crippen LogP contribution in [0.3, 0.4) is 0 Å². The number of rotatable bonds is 11. The van der Waals surface area contributed by atoms with Crippen molar-refractivity contribution < 1.29 is 80.9 Å². The first-order chi connectivity index (χ1) is 40.4. The summed E-state index contributed by atoms with van der Waals surface area (Å²) < 4.78 is 79.6. The van der Waals surface area contributed by atoms with Crippen molar-refractivity contribution in [2.45, 2.75) is 69.0 Å². The monoisotopic (exact) mass is 1120 g/mol. The van der Waals surface area contributed by atoms with Gasteiger partial charge < -0.3 is 56.8 Å². The quantitative estimate of drug-likeness (QED) is 0.0508. The van der Waals surface area contributed by atoms with Gasteiger partial charge in [-0.1, -0.05) is 164 Å². The second-order valence-electron chi connectivity index (χ2n) is 19.9. The molecule has 6 atom stereocenters. The molecule has 0 unspecified atom stereocenters. The first-order valence-corrected chi connectivity index (χ1v) is 26.4. The molecule has 0 N–H and O–H groups in total. The molecule has 0 saturated carbocycles. The summed E-state index contributed by atoms with van der Waals surface area (Å²) >= 11 is 0. The summed E-state index contributed by atoms with van der Waals surface area (Å²) in [7, 11) is 0. The maximum Gasteiger partial charge on any atom is 0.339 e. The van der Waals surface area contributed by atoms with E-state index >= 15 is 9.59 Å². The van der Waals surface area contributed by atoms with E-state index in [1.807, 2.05) is 6.07 Å². The summed E-state index contributed by atoms with van der Waals surface area (Å²) in [5.41, 5.74) is 1.10. The van der Waals surface area contributed by atoms with Gasteiger partial charge in [-0.2, -0.15) is 0 Å². The zero-order valence-corrected chi connectivity index (χ0v) is 44.1. The molecule has 8 aromatic rings. The number of nitrogens with zero attached hydrogens (tertiary/aromatic N) is 1. The number of hydrogen-bond donors (Lipinski definition) is 0. The molecule has 2 fully saturated rings. The van der Waals surface area contributed by atoms with Gasteiger partial charge in [0.05, 0.1) is 34.8 Å². The Bertz CT molecular complexity index is 3770. The van der Waals surface area contributed by atoms with E-state index in [2.05, 4.69) is 0 Å². The highest BCUT2D eigenvalue weighted by molar-refractivity contribution is 6.09. The second-order valence-corrected chi connectivity index (χ2v) is 19.9. The van der Waals surface area contributed by atoms with Crippen LogP contribution in [0, 0.1) is 10.1 Å². The van der Waals surface area contributed by atoms with Gasteiger partial charge in [0.2, 0.25) is 11.5 Å². The number of nitro groups is 1. The number of para-hydroxylation sites is 1. The number of nitro benzene ring substituents is 1. The lowest BCUT2D eigenvalue weighted by atomic mass is 9.90. The van der Waals surface area contributed by atoms with Crippen molar-refractivity contribution in [2.24, 2.45) is 0 Å².